The molecule has 2 aliphatic heterocycles. The molecule has 0 aromatic carbocycles. The van der Waals surface area contributed by atoms with Crippen LogP contribution in [0.25, 0.3) is 0 Å². The Kier molecular flexibility index (Phi) is 1.36. The van der Waals surface area contributed by atoms with Gasteiger partial charge < -0.3 is 9.47 Å². The highest BCUT2D eigenvalue weighted by Crippen LogP contribution is 2.49. The van der Waals surface area contributed by atoms with Crippen LogP contribution in [0.3, 0.4) is 0 Å². The molecule has 76 valence electrons. The highest BCUT2D eigenvalue weighted by atomic mass is 16.6. The van der Waals surface area contributed by atoms with Gasteiger partial charge in [0.05, 0.1) is 12.8 Å². The van der Waals surface area contributed by atoms with Gasteiger partial charge in [-0.2, -0.15) is 0 Å². The molecule has 3 aliphatic rings. The van der Waals surface area contributed by atoms with E-state index in [4.69, 9.17) is 9.47 Å². The maximum Gasteiger partial charge on any atom is 0.310 e. The summed E-state index contributed by atoms with van der Waals surface area (Å²) in [6, 6.07) is 0. The summed E-state index contributed by atoms with van der Waals surface area (Å²) in [6.07, 6.45) is 4.52. The van der Waals surface area contributed by atoms with Gasteiger partial charge in [-0.3, -0.25) is 9.59 Å². The van der Waals surface area contributed by atoms with Crippen molar-refractivity contribution in [1.29, 1.82) is 0 Å². The molecular weight excluding hydrogens is 184 g/mol. The minimum Gasteiger partial charge on any atom is -0.458 e. The molecule has 2 heterocycles. The van der Waals surface area contributed by atoms with Gasteiger partial charge in [0.25, 0.3) is 0 Å². The molecule has 0 amide bonds. The minimum absolute atomic E-state index is 0.0912. The topological polar surface area (TPSA) is 52.6 Å². The molecule has 0 aromatic heterocycles. The standard InChI is InChI=1S/C10H12O4/c11-7-5-9(13-7)1-2-10(4-3-9)6-8(12)14-10/h1-6H2. The first-order valence-corrected chi connectivity index (χ1v) is 5.05. The Hall–Kier alpha value is -1.06. The van der Waals surface area contributed by atoms with Gasteiger partial charge in [-0.05, 0) is 25.7 Å². The van der Waals surface area contributed by atoms with Crippen LogP contribution in [0.2, 0.25) is 0 Å². The van der Waals surface area contributed by atoms with Crippen LogP contribution < -0.4 is 0 Å². The Bertz CT molecular complexity index is 260. The number of rotatable bonds is 0. The number of carbonyl (C=O) groups is 2. The lowest BCUT2D eigenvalue weighted by atomic mass is 9.69. The summed E-state index contributed by atoms with van der Waals surface area (Å²) in [5, 5.41) is 0. The summed E-state index contributed by atoms with van der Waals surface area (Å²) < 4.78 is 10.4. The molecule has 14 heavy (non-hydrogen) atoms. The Morgan fingerprint density at radius 1 is 0.786 bits per heavy atom. The quantitative estimate of drug-likeness (QED) is 0.541. The summed E-state index contributed by atoms with van der Waals surface area (Å²) in [6.45, 7) is 0. The molecule has 0 bridgehead atoms. The highest BCUT2D eigenvalue weighted by molar-refractivity contribution is 5.78. The van der Waals surface area contributed by atoms with Crippen molar-refractivity contribution in [3.63, 3.8) is 0 Å². The molecule has 3 fully saturated rings. The molecule has 0 atom stereocenters. The van der Waals surface area contributed by atoms with E-state index in [0.717, 1.165) is 25.7 Å². The van der Waals surface area contributed by atoms with E-state index in [2.05, 4.69) is 0 Å². The largest absolute Gasteiger partial charge is 0.458 e. The first-order valence-electron chi connectivity index (χ1n) is 5.05. The summed E-state index contributed by atoms with van der Waals surface area (Å²) in [5.74, 6) is -0.182. The van der Waals surface area contributed by atoms with E-state index >= 15 is 0 Å². The number of esters is 2. The zero-order valence-electron chi connectivity index (χ0n) is 7.88. The highest BCUT2D eigenvalue weighted by Gasteiger charge is 2.56. The van der Waals surface area contributed by atoms with E-state index in [1.165, 1.54) is 0 Å². The number of hydrogen-bond acceptors (Lipinski definition) is 4. The van der Waals surface area contributed by atoms with Crippen molar-refractivity contribution < 1.29 is 19.1 Å². The van der Waals surface area contributed by atoms with Gasteiger partial charge in [0, 0.05) is 0 Å². The van der Waals surface area contributed by atoms with E-state index in [1.54, 1.807) is 0 Å². The molecule has 2 saturated heterocycles. The number of ether oxygens (including phenoxy) is 2. The van der Waals surface area contributed by atoms with Gasteiger partial charge in [-0.1, -0.05) is 0 Å². The van der Waals surface area contributed by atoms with Crippen LogP contribution in [0, 0.1) is 0 Å². The van der Waals surface area contributed by atoms with Crippen molar-refractivity contribution in [2.24, 2.45) is 0 Å². The van der Waals surface area contributed by atoms with Crippen molar-refractivity contribution in [3.05, 3.63) is 0 Å². The molecule has 0 radical (unpaired) electrons. The molecule has 3 rings (SSSR count). The van der Waals surface area contributed by atoms with E-state index in [9.17, 15) is 9.59 Å². The van der Waals surface area contributed by atoms with Crippen molar-refractivity contribution in [2.45, 2.75) is 49.7 Å². The van der Waals surface area contributed by atoms with E-state index in [-0.39, 0.29) is 23.1 Å². The summed E-state index contributed by atoms with van der Waals surface area (Å²) in [5.41, 5.74) is -0.380. The molecule has 4 nitrogen and oxygen atoms in total. The van der Waals surface area contributed by atoms with Crippen molar-refractivity contribution in [1.82, 2.24) is 0 Å². The van der Waals surface area contributed by atoms with Gasteiger partial charge >= 0.3 is 11.9 Å². The summed E-state index contributed by atoms with van der Waals surface area (Å²) in [7, 11) is 0. The third-order valence-electron chi connectivity index (χ3n) is 3.67. The lowest BCUT2D eigenvalue weighted by Gasteiger charge is -2.51. The monoisotopic (exact) mass is 196 g/mol. The molecular formula is C10H12O4. The van der Waals surface area contributed by atoms with Crippen LogP contribution >= 0.6 is 0 Å². The van der Waals surface area contributed by atoms with Gasteiger partial charge in [0.1, 0.15) is 11.2 Å². The molecule has 0 unspecified atom stereocenters. The van der Waals surface area contributed by atoms with E-state index < -0.39 is 0 Å². The number of hydrogen-bond donors (Lipinski definition) is 0. The van der Waals surface area contributed by atoms with Crippen molar-refractivity contribution in [3.8, 4) is 0 Å². The van der Waals surface area contributed by atoms with E-state index in [0.29, 0.717) is 12.8 Å². The van der Waals surface area contributed by atoms with Gasteiger partial charge in [0.2, 0.25) is 0 Å². The first kappa shape index (κ1) is 8.26. The van der Waals surface area contributed by atoms with Crippen LogP contribution in [0.5, 0.6) is 0 Å². The average molecular weight is 196 g/mol. The Morgan fingerprint density at radius 2 is 1.07 bits per heavy atom. The van der Waals surface area contributed by atoms with Gasteiger partial charge in [0.15, 0.2) is 0 Å². The fourth-order valence-electron chi connectivity index (χ4n) is 2.71. The Morgan fingerprint density at radius 3 is 1.29 bits per heavy atom. The number of carbonyl (C=O) groups excluding carboxylic acids is 2. The molecule has 4 heteroatoms. The van der Waals surface area contributed by atoms with E-state index in [1.807, 2.05) is 0 Å². The zero-order chi connectivity index (χ0) is 9.81. The van der Waals surface area contributed by atoms with Crippen molar-refractivity contribution >= 4 is 11.9 Å². The lowest BCUT2D eigenvalue weighted by Crippen LogP contribution is -2.58. The maximum absolute atomic E-state index is 10.8. The van der Waals surface area contributed by atoms with Crippen LogP contribution in [-0.4, -0.2) is 23.1 Å². The fourth-order valence-corrected chi connectivity index (χ4v) is 2.71. The second-order valence-corrected chi connectivity index (χ2v) is 4.67. The summed E-state index contributed by atoms with van der Waals surface area (Å²) in [4.78, 5) is 21.5. The van der Waals surface area contributed by atoms with Crippen LogP contribution in [-0.2, 0) is 19.1 Å². The van der Waals surface area contributed by atoms with Crippen molar-refractivity contribution in [2.75, 3.05) is 0 Å². The third-order valence-corrected chi connectivity index (χ3v) is 3.67. The normalized spacial score (nSPS) is 45.4. The van der Waals surface area contributed by atoms with Crippen LogP contribution in [0.1, 0.15) is 38.5 Å². The van der Waals surface area contributed by atoms with Crippen LogP contribution in [0.15, 0.2) is 0 Å². The summed E-state index contributed by atoms with van der Waals surface area (Å²) >= 11 is 0. The zero-order valence-corrected chi connectivity index (χ0v) is 7.88. The Labute approximate surface area is 81.6 Å². The SMILES string of the molecule is O=C1CC2(CCC3(CC2)CC(=O)O3)O1. The molecule has 0 aromatic rings. The molecule has 0 N–H and O–H groups in total. The smallest absolute Gasteiger partial charge is 0.310 e. The second-order valence-electron chi connectivity index (χ2n) is 4.67. The maximum atomic E-state index is 10.8. The average Bonchev–Trinajstić information content (AvgIpc) is 2.04. The molecule has 1 saturated carbocycles. The second kappa shape index (κ2) is 2.30. The predicted octanol–water partition coefficient (Wildman–Crippen LogP) is 0.932. The van der Waals surface area contributed by atoms with Crippen LogP contribution in [0.4, 0.5) is 0 Å². The van der Waals surface area contributed by atoms with Gasteiger partial charge in [-0.25, -0.2) is 0 Å². The predicted molar refractivity (Wildman–Crippen MR) is 45.3 cm³/mol. The van der Waals surface area contributed by atoms with Gasteiger partial charge in [-0.15, -0.1) is 0 Å². The first-order chi connectivity index (χ1) is 6.62. The Balaban J connectivity index is 1.63. The third kappa shape index (κ3) is 0.996. The fraction of sp³-hybridized carbons (Fsp3) is 0.800. The lowest BCUT2D eigenvalue weighted by molar-refractivity contribution is -0.226. The molecule has 1 aliphatic carbocycles. The minimum atomic E-state index is -0.190. The molecule has 2 spiro atoms.